The summed E-state index contributed by atoms with van der Waals surface area (Å²) in [7, 11) is -3.58. The Morgan fingerprint density at radius 1 is 1.17 bits per heavy atom. The predicted molar refractivity (Wildman–Crippen MR) is 102 cm³/mol. The summed E-state index contributed by atoms with van der Waals surface area (Å²) in [5.41, 5.74) is 0. The van der Waals surface area contributed by atoms with E-state index in [0.717, 1.165) is 0 Å². The number of nitrogens with zero attached hydrogens (tertiary/aromatic N) is 1. The van der Waals surface area contributed by atoms with E-state index in [9.17, 15) is 23.1 Å². The first-order valence-corrected chi connectivity index (χ1v) is 11.6. The van der Waals surface area contributed by atoms with Crippen LogP contribution in [0.3, 0.4) is 0 Å². The molecule has 29 heavy (non-hydrogen) atoms. The van der Waals surface area contributed by atoms with E-state index in [2.05, 4.69) is 0 Å². The van der Waals surface area contributed by atoms with E-state index >= 15 is 0 Å². The molecule has 0 bridgehead atoms. The highest BCUT2D eigenvalue weighted by molar-refractivity contribution is 7.91. The van der Waals surface area contributed by atoms with E-state index in [0.29, 0.717) is 39.0 Å². The number of rotatable bonds is 5. The molecule has 1 amide bonds. The Morgan fingerprint density at radius 2 is 1.86 bits per heavy atom. The van der Waals surface area contributed by atoms with Crippen LogP contribution in [0, 0.1) is 11.8 Å². The van der Waals surface area contributed by atoms with Gasteiger partial charge in [-0.15, -0.1) is 0 Å². The van der Waals surface area contributed by atoms with Crippen molar-refractivity contribution in [2.45, 2.75) is 42.4 Å². The molecular weight excluding hydrogens is 398 g/mol. The van der Waals surface area contributed by atoms with E-state index in [4.69, 9.17) is 9.47 Å². The van der Waals surface area contributed by atoms with Crippen LogP contribution in [0.4, 0.5) is 0 Å². The fraction of sp³-hybridized carbons (Fsp3) is 0.600. The van der Waals surface area contributed by atoms with Crippen LogP contribution in [0.1, 0.15) is 25.7 Å². The first-order chi connectivity index (χ1) is 13.8. The molecule has 8 nitrogen and oxygen atoms in total. The van der Waals surface area contributed by atoms with Gasteiger partial charge in [0.25, 0.3) is 0 Å². The lowest BCUT2D eigenvalue weighted by Crippen LogP contribution is -2.52. The fourth-order valence-corrected chi connectivity index (χ4v) is 6.51. The molecule has 1 aliphatic carbocycles. The number of hydrogen-bond acceptors (Lipinski definition) is 6. The SMILES string of the molecule is O=C(O)C1CCN(C2CCC3(CC2CS(=O)(=O)c2ccccc2)OCCO3)C1=O. The summed E-state index contributed by atoms with van der Waals surface area (Å²) in [6.45, 7) is 1.26. The minimum absolute atomic E-state index is 0.141. The monoisotopic (exact) mass is 423 g/mol. The highest BCUT2D eigenvalue weighted by atomic mass is 32.2. The van der Waals surface area contributed by atoms with E-state index in [1.807, 2.05) is 0 Å². The third-order valence-corrected chi connectivity index (χ3v) is 8.08. The minimum Gasteiger partial charge on any atom is -0.481 e. The van der Waals surface area contributed by atoms with Gasteiger partial charge in [0.2, 0.25) is 5.91 Å². The molecule has 2 saturated heterocycles. The summed E-state index contributed by atoms with van der Waals surface area (Å²) in [4.78, 5) is 25.8. The maximum Gasteiger partial charge on any atom is 0.316 e. The maximum atomic E-state index is 13.0. The number of amides is 1. The second kappa shape index (κ2) is 7.70. The zero-order valence-electron chi connectivity index (χ0n) is 16.0. The van der Waals surface area contributed by atoms with Crippen molar-refractivity contribution in [2.24, 2.45) is 11.8 Å². The normalized spacial score (nSPS) is 29.4. The lowest BCUT2D eigenvalue weighted by Gasteiger charge is -2.44. The summed E-state index contributed by atoms with van der Waals surface area (Å²) in [6, 6.07) is 7.89. The van der Waals surface area contributed by atoms with Gasteiger partial charge in [-0.25, -0.2) is 8.42 Å². The van der Waals surface area contributed by atoms with E-state index in [-0.39, 0.29) is 23.1 Å². The molecule has 3 fully saturated rings. The summed E-state index contributed by atoms with van der Waals surface area (Å²) in [5.74, 6) is -3.94. The van der Waals surface area contributed by atoms with Crippen molar-refractivity contribution >= 4 is 21.7 Å². The average Bonchev–Trinajstić information content (AvgIpc) is 3.29. The van der Waals surface area contributed by atoms with Gasteiger partial charge in [0.1, 0.15) is 5.92 Å². The third kappa shape index (κ3) is 3.91. The molecule has 9 heteroatoms. The van der Waals surface area contributed by atoms with Crippen LogP contribution in [0.25, 0.3) is 0 Å². The van der Waals surface area contributed by atoms with Crippen LogP contribution in [-0.2, 0) is 28.9 Å². The molecule has 2 aliphatic heterocycles. The first-order valence-electron chi connectivity index (χ1n) is 9.90. The van der Waals surface area contributed by atoms with Crippen LogP contribution >= 0.6 is 0 Å². The van der Waals surface area contributed by atoms with Crippen LogP contribution in [0.2, 0.25) is 0 Å². The van der Waals surface area contributed by atoms with Crippen LogP contribution in [0.5, 0.6) is 0 Å². The van der Waals surface area contributed by atoms with Crippen molar-refractivity contribution in [2.75, 3.05) is 25.5 Å². The number of carboxylic acid groups (broad SMARTS) is 1. The van der Waals surface area contributed by atoms with Crippen LogP contribution in [0.15, 0.2) is 35.2 Å². The molecule has 158 valence electrons. The number of benzene rings is 1. The van der Waals surface area contributed by atoms with E-state index < -0.39 is 39.3 Å². The van der Waals surface area contributed by atoms with Gasteiger partial charge < -0.3 is 19.5 Å². The Morgan fingerprint density at radius 3 is 2.48 bits per heavy atom. The Balaban J connectivity index is 1.60. The molecule has 1 saturated carbocycles. The number of carbonyl (C=O) groups excluding carboxylic acids is 1. The van der Waals surface area contributed by atoms with Crippen molar-refractivity contribution in [3.8, 4) is 0 Å². The molecule has 1 spiro atoms. The highest BCUT2D eigenvalue weighted by Gasteiger charge is 2.51. The Kier molecular flexibility index (Phi) is 5.39. The smallest absolute Gasteiger partial charge is 0.316 e. The molecule has 3 atom stereocenters. The number of carbonyl (C=O) groups is 2. The molecule has 2 heterocycles. The molecule has 1 aromatic rings. The number of hydrogen-bond donors (Lipinski definition) is 1. The standard InChI is InChI=1S/C20H25NO7S/c22-18-16(19(23)24)7-9-21(18)17-6-8-20(27-10-11-28-20)12-14(17)13-29(25,26)15-4-2-1-3-5-15/h1-5,14,16-17H,6-13H2,(H,23,24). The van der Waals surface area contributed by atoms with Gasteiger partial charge in [0.15, 0.2) is 15.6 Å². The summed E-state index contributed by atoms with van der Waals surface area (Å²) in [6.07, 6.45) is 1.69. The highest BCUT2D eigenvalue weighted by Crippen LogP contribution is 2.43. The third-order valence-electron chi connectivity index (χ3n) is 6.23. The van der Waals surface area contributed by atoms with E-state index in [1.54, 1.807) is 35.2 Å². The van der Waals surface area contributed by atoms with Crippen molar-refractivity contribution in [1.29, 1.82) is 0 Å². The van der Waals surface area contributed by atoms with Gasteiger partial charge >= 0.3 is 5.97 Å². The zero-order valence-corrected chi connectivity index (χ0v) is 16.8. The van der Waals surface area contributed by atoms with Gasteiger partial charge in [0, 0.05) is 25.4 Å². The topological polar surface area (TPSA) is 110 Å². The molecule has 1 N–H and O–H groups in total. The van der Waals surface area contributed by atoms with Gasteiger partial charge in [-0.2, -0.15) is 0 Å². The Labute approximate surface area is 169 Å². The summed E-state index contributed by atoms with van der Waals surface area (Å²) < 4.78 is 37.7. The van der Waals surface area contributed by atoms with Crippen LogP contribution in [-0.4, -0.2) is 67.6 Å². The quantitative estimate of drug-likeness (QED) is 0.711. The van der Waals surface area contributed by atoms with E-state index in [1.165, 1.54) is 0 Å². The number of likely N-dealkylation sites (tertiary alicyclic amines) is 1. The van der Waals surface area contributed by atoms with Crippen molar-refractivity contribution < 1.29 is 32.6 Å². The van der Waals surface area contributed by atoms with Crippen molar-refractivity contribution in [3.05, 3.63) is 30.3 Å². The largest absolute Gasteiger partial charge is 0.481 e. The second-order valence-corrected chi connectivity index (χ2v) is 10.0. The van der Waals surface area contributed by atoms with Crippen molar-refractivity contribution in [1.82, 2.24) is 4.90 Å². The summed E-state index contributed by atoms with van der Waals surface area (Å²) in [5, 5.41) is 9.28. The predicted octanol–water partition coefficient (Wildman–Crippen LogP) is 1.31. The molecule has 0 radical (unpaired) electrons. The lowest BCUT2D eigenvalue weighted by atomic mass is 9.80. The minimum atomic E-state index is -3.58. The van der Waals surface area contributed by atoms with Gasteiger partial charge in [-0.1, -0.05) is 18.2 Å². The maximum absolute atomic E-state index is 13.0. The average molecular weight is 423 g/mol. The lowest BCUT2D eigenvalue weighted by molar-refractivity contribution is -0.195. The molecule has 3 aliphatic rings. The van der Waals surface area contributed by atoms with Gasteiger partial charge in [0.05, 0.1) is 23.9 Å². The zero-order chi connectivity index (χ0) is 20.6. The number of carboxylic acids is 1. The Hall–Kier alpha value is -1.97. The number of sulfone groups is 1. The molecule has 4 rings (SSSR count). The number of aliphatic carboxylic acids is 1. The molecule has 3 unspecified atom stereocenters. The molecule has 0 aromatic heterocycles. The first kappa shape index (κ1) is 20.3. The van der Waals surface area contributed by atoms with Gasteiger partial charge in [-0.3, -0.25) is 9.59 Å². The molecular formula is C20H25NO7S. The second-order valence-electron chi connectivity index (χ2n) is 7.98. The molecule has 1 aromatic carbocycles. The number of ether oxygens (including phenoxy) is 2. The van der Waals surface area contributed by atoms with Gasteiger partial charge in [-0.05, 0) is 30.9 Å². The van der Waals surface area contributed by atoms with Crippen LogP contribution < -0.4 is 0 Å². The Bertz CT molecular complexity index is 879. The fourth-order valence-electron chi connectivity index (χ4n) is 4.85. The summed E-state index contributed by atoms with van der Waals surface area (Å²) >= 11 is 0. The van der Waals surface area contributed by atoms with Crippen molar-refractivity contribution in [3.63, 3.8) is 0 Å².